The maximum absolute atomic E-state index is 12.8. The summed E-state index contributed by atoms with van der Waals surface area (Å²) in [7, 11) is -0.169. The lowest BCUT2D eigenvalue weighted by molar-refractivity contribution is -0.115. The Morgan fingerprint density at radius 1 is 1.00 bits per heavy atom. The first kappa shape index (κ1) is 30.6. The highest BCUT2D eigenvalue weighted by Crippen LogP contribution is 2.38. The Morgan fingerprint density at radius 3 is 2.44 bits per heavy atom. The zero-order chi connectivity index (χ0) is 29.7. The van der Waals surface area contributed by atoms with Crippen LogP contribution in [0.2, 0.25) is 0 Å². The Bertz CT molecular complexity index is 1680. The van der Waals surface area contributed by atoms with E-state index >= 15 is 0 Å². The van der Waals surface area contributed by atoms with E-state index in [-0.39, 0.29) is 15.4 Å². The van der Waals surface area contributed by atoms with Crippen LogP contribution in [0, 0.1) is 0 Å². The molecule has 0 unspecified atom stereocenters. The van der Waals surface area contributed by atoms with E-state index in [1.807, 2.05) is 0 Å². The summed E-state index contributed by atoms with van der Waals surface area (Å²) in [6.07, 6.45) is 3.30. The summed E-state index contributed by atoms with van der Waals surface area (Å²) in [5.74, 6) is -4.89. The number of hydrogen-bond acceptors (Lipinski definition) is 11. The molecule has 2 aromatic heterocycles. The van der Waals surface area contributed by atoms with Crippen molar-refractivity contribution in [2.45, 2.75) is 32.2 Å². The van der Waals surface area contributed by atoms with Gasteiger partial charge < -0.3 is 24.1 Å². The van der Waals surface area contributed by atoms with Gasteiger partial charge in [-0.2, -0.15) is 4.99 Å². The minimum atomic E-state index is -4.20. The van der Waals surface area contributed by atoms with E-state index in [0.29, 0.717) is 35.4 Å². The summed E-state index contributed by atoms with van der Waals surface area (Å²) in [6.45, 7) is 0.618. The molecule has 0 radical (unpaired) electrons. The van der Waals surface area contributed by atoms with E-state index in [0.717, 1.165) is 41.0 Å². The van der Waals surface area contributed by atoms with Crippen LogP contribution >= 0.6 is 22.7 Å². The third-order valence-electron chi connectivity index (χ3n) is 6.35. The minimum Gasteiger partial charge on any atom is -0.465 e. The molecular formula is C26H29N3O9S3. The second-order valence-corrected chi connectivity index (χ2v) is 13.4. The number of nitrogens with one attached hydrogen (secondary N) is 1. The van der Waals surface area contributed by atoms with Crippen molar-refractivity contribution in [3.63, 3.8) is 0 Å². The number of esters is 2. The van der Waals surface area contributed by atoms with Gasteiger partial charge in [0.15, 0.2) is 14.6 Å². The Hall–Kier alpha value is -3.40. The molecule has 1 N–H and O–H groups in total. The molecule has 1 aliphatic carbocycles. The number of aromatic nitrogens is 1. The number of rotatable bonds is 10. The molecule has 1 aromatic carbocycles. The number of amides is 2. The highest BCUT2D eigenvalue weighted by molar-refractivity contribution is 7.92. The molecule has 1 aliphatic rings. The summed E-state index contributed by atoms with van der Waals surface area (Å²) in [4.78, 5) is 55.0. The van der Waals surface area contributed by atoms with Gasteiger partial charge in [-0.1, -0.05) is 11.3 Å². The largest absolute Gasteiger partial charge is 0.465 e. The minimum absolute atomic E-state index is 0.218. The molecule has 0 spiro atoms. The van der Waals surface area contributed by atoms with E-state index in [4.69, 9.17) is 14.2 Å². The molecule has 41 heavy (non-hydrogen) atoms. The number of nitrogens with zero attached hydrogens (tertiary/aromatic N) is 2. The molecule has 2 heterocycles. The number of thiazole rings is 1. The Balaban J connectivity index is 1.53. The number of methoxy groups -OCH3 is 3. The lowest BCUT2D eigenvalue weighted by Gasteiger charge is -2.11. The highest BCUT2D eigenvalue weighted by Gasteiger charge is 2.28. The number of carbonyl (C=O) groups excluding carboxylic acids is 4. The number of benzene rings is 1. The first-order chi connectivity index (χ1) is 19.6. The summed E-state index contributed by atoms with van der Waals surface area (Å²) in [6, 6.07) is 4.86. The quantitative estimate of drug-likeness (QED) is 0.335. The van der Waals surface area contributed by atoms with Gasteiger partial charge in [0.2, 0.25) is 5.91 Å². The SMILES string of the molecule is COCCn1c(=NC(=O)CS(=O)(=O)CC(=O)Nc2sc3c(c2C(=O)OC)CCCC3)sc2cc(C(=O)OC)ccc21. The van der Waals surface area contributed by atoms with E-state index in [1.54, 1.807) is 22.8 Å². The van der Waals surface area contributed by atoms with Crippen LogP contribution in [-0.4, -0.2) is 76.2 Å². The molecule has 0 bridgehead atoms. The smallest absolute Gasteiger partial charge is 0.341 e. The number of aryl methyl sites for hydroxylation is 1. The molecule has 2 amide bonds. The van der Waals surface area contributed by atoms with Crippen molar-refractivity contribution in [2.24, 2.45) is 4.99 Å². The van der Waals surface area contributed by atoms with Gasteiger partial charge in [0, 0.05) is 18.5 Å². The molecule has 0 saturated carbocycles. The molecule has 0 saturated heterocycles. The monoisotopic (exact) mass is 623 g/mol. The third-order valence-corrected chi connectivity index (χ3v) is 9.99. The van der Waals surface area contributed by atoms with Gasteiger partial charge in [0.05, 0.1) is 42.2 Å². The number of hydrogen-bond donors (Lipinski definition) is 1. The van der Waals surface area contributed by atoms with E-state index < -0.39 is 45.1 Å². The average Bonchev–Trinajstić information content (AvgIpc) is 3.46. The molecule has 12 nitrogen and oxygen atoms in total. The van der Waals surface area contributed by atoms with Gasteiger partial charge in [0.25, 0.3) is 5.91 Å². The predicted molar refractivity (Wildman–Crippen MR) is 153 cm³/mol. The number of fused-ring (bicyclic) bond motifs is 2. The van der Waals surface area contributed by atoms with Crippen molar-refractivity contribution in [3.8, 4) is 0 Å². The number of sulfone groups is 1. The maximum Gasteiger partial charge on any atom is 0.341 e. The van der Waals surface area contributed by atoms with Crippen LogP contribution in [0.5, 0.6) is 0 Å². The summed E-state index contributed by atoms with van der Waals surface area (Å²) in [5, 5.41) is 2.78. The Kier molecular flexibility index (Phi) is 9.73. The Morgan fingerprint density at radius 2 is 1.73 bits per heavy atom. The van der Waals surface area contributed by atoms with Gasteiger partial charge in [-0.05, 0) is 49.4 Å². The van der Waals surface area contributed by atoms with Crippen molar-refractivity contribution in [3.05, 3.63) is 44.6 Å². The summed E-state index contributed by atoms with van der Waals surface area (Å²) in [5.41, 5.74) is 2.07. The van der Waals surface area contributed by atoms with Gasteiger partial charge in [0.1, 0.15) is 16.5 Å². The van der Waals surface area contributed by atoms with Crippen LogP contribution in [0.3, 0.4) is 0 Å². The van der Waals surface area contributed by atoms with Gasteiger partial charge in [-0.3, -0.25) is 9.59 Å². The fourth-order valence-electron chi connectivity index (χ4n) is 4.51. The summed E-state index contributed by atoms with van der Waals surface area (Å²) >= 11 is 2.34. The van der Waals surface area contributed by atoms with Crippen LogP contribution in [0.15, 0.2) is 23.2 Å². The maximum atomic E-state index is 12.8. The van der Waals surface area contributed by atoms with Gasteiger partial charge >= 0.3 is 11.9 Å². The standard InChI is InChI=1S/C26H29N3O9S3/c1-36-11-10-29-17-9-8-15(24(32)37-2)12-19(17)40-26(29)28-21(31)14-41(34,35)13-20(30)27-23-22(25(33)38-3)16-6-4-5-7-18(16)39-23/h8-9,12H,4-7,10-11,13-14H2,1-3H3,(H,27,30). The fraction of sp³-hybridized carbons (Fsp3) is 0.423. The van der Waals surface area contributed by atoms with Crippen LogP contribution in [-0.2, 0) is 53.0 Å². The molecule has 220 valence electrons. The van der Waals surface area contributed by atoms with Crippen LogP contribution in [0.4, 0.5) is 5.00 Å². The number of ether oxygens (including phenoxy) is 3. The molecule has 4 rings (SSSR count). The number of anilines is 1. The second kappa shape index (κ2) is 13.1. The molecule has 3 aromatic rings. The van der Waals surface area contributed by atoms with E-state index in [2.05, 4.69) is 10.3 Å². The molecule has 0 aliphatic heterocycles. The average molecular weight is 624 g/mol. The van der Waals surface area contributed by atoms with E-state index in [9.17, 15) is 27.6 Å². The lowest BCUT2D eigenvalue weighted by atomic mass is 9.95. The molecule has 0 fully saturated rings. The van der Waals surface area contributed by atoms with Crippen molar-refractivity contribution in [1.29, 1.82) is 0 Å². The molecular weight excluding hydrogens is 594 g/mol. The van der Waals surface area contributed by atoms with E-state index in [1.165, 1.54) is 32.7 Å². The summed E-state index contributed by atoms with van der Waals surface area (Å²) < 4.78 is 42.7. The van der Waals surface area contributed by atoms with Crippen molar-refractivity contribution < 1.29 is 41.8 Å². The van der Waals surface area contributed by atoms with Crippen molar-refractivity contribution in [1.82, 2.24) is 4.57 Å². The Labute approximate surface area is 243 Å². The normalized spacial score (nSPS) is 13.6. The van der Waals surface area contributed by atoms with Gasteiger partial charge in [-0.25, -0.2) is 18.0 Å². The lowest BCUT2D eigenvalue weighted by Crippen LogP contribution is -2.28. The van der Waals surface area contributed by atoms with Gasteiger partial charge in [-0.15, -0.1) is 11.3 Å². The van der Waals surface area contributed by atoms with Crippen molar-refractivity contribution in [2.75, 3.05) is 44.8 Å². The third kappa shape index (κ3) is 7.09. The van der Waals surface area contributed by atoms with Crippen molar-refractivity contribution >= 4 is 71.5 Å². The zero-order valence-electron chi connectivity index (χ0n) is 22.7. The zero-order valence-corrected chi connectivity index (χ0v) is 25.1. The predicted octanol–water partition coefficient (Wildman–Crippen LogP) is 2.34. The van der Waals surface area contributed by atoms with Crippen LogP contribution < -0.4 is 10.1 Å². The molecule has 0 atom stereocenters. The fourth-order valence-corrected chi connectivity index (χ4v) is 7.94. The van der Waals surface area contributed by atoms with Crippen LogP contribution in [0.1, 0.15) is 44.0 Å². The number of thiophene rings is 1. The first-order valence-corrected chi connectivity index (χ1v) is 16.0. The molecule has 15 heteroatoms. The number of carbonyl (C=O) groups is 4. The van der Waals surface area contributed by atoms with Crippen LogP contribution in [0.25, 0.3) is 10.2 Å². The topological polar surface area (TPSA) is 159 Å². The highest BCUT2D eigenvalue weighted by atomic mass is 32.2. The first-order valence-electron chi connectivity index (χ1n) is 12.6. The second-order valence-electron chi connectivity index (χ2n) is 9.20.